The fourth-order valence-electron chi connectivity index (χ4n) is 0.696. The van der Waals surface area contributed by atoms with Crippen LogP contribution in [-0.4, -0.2) is 0 Å². The van der Waals surface area contributed by atoms with Gasteiger partial charge in [-0.2, -0.15) is 5.26 Å². The minimum Gasteiger partial charge on any atom is -0.204 e. The van der Waals surface area contributed by atoms with Crippen LogP contribution in [0.15, 0.2) is 22.7 Å². The Morgan fingerprint density at radius 1 is 1.42 bits per heavy atom. The number of nitriles is 1. The maximum Gasteiger partial charge on any atom is 0.153 e. The van der Waals surface area contributed by atoms with Crippen LogP contribution in [0.4, 0.5) is 4.39 Å². The van der Waals surface area contributed by atoms with Crippen LogP contribution in [-0.2, 0) is 0 Å². The number of halogens is 2. The van der Waals surface area contributed by atoms with Crippen molar-refractivity contribution in [3.63, 3.8) is 0 Å². The van der Waals surface area contributed by atoms with E-state index in [2.05, 4.69) is 27.8 Å². The molecule has 0 aromatic heterocycles. The second-order valence-electron chi connectivity index (χ2n) is 1.96. The van der Waals surface area contributed by atoms with Crippen molar-refractivity contribution in [1.29, 1.82) is 5.26 Å². The molecule has 0 heterocycles. The number of rotatable bonds is 0. The molecule has 0 unspecified atom stereocenters. The Morgan fingerprint density at radius 2 is 2.17 bits per heavy atom. The van der Waals surface area contributed by atoms with Crippen LogP contribution in [0.1, 0.15) is 5.56 Å². The number of hydrogen-bond donors (Lipinski definition) is 0. The molecule has 0 bridgehead atoms. The molecular formula is C9H3BrFN. The Labute approximate surface area is 78.0 Å². The monoisotopic (exact) mass is 223 g/mol. The highest BCUT2D eigenvalue weighted by Gasteiger charge is 2.01. The Kier molecular flexibility index (Phi) is 2.85. The van der Waals surface area contributed by atoms with Gasteiger partial charge in [0.25, 0.3) is 0 Å². The average Bonchev–Trinajstić information content (AvgIpc) is 2.08. The van der Waals surface area contributed by atoms with Crippen LogP contribution in [0.25, 0.3) is 0 Å². The molecule has 0 N–H and O–H groups in total. The van der Waals surface area contributed by atoms with Gasteiger partial charge >= 0.3 is 0 Å². The summed E-state index contributed by atoms with van der Waals surface area (Å²) in [5, 5.41) is 8.13. The van der Waals surface area contributed by atoms with Crippen molar-refractivity contribution >= 4 is 15.9 Å². The van der Waals surface area contributed by atoms with Crippen molar-refractivity contribution in [3.8, 4) is 17.9 Å². The molecule has 0 fully saturated rings. The van der Waals surface area contributed by atoms with Gasteiger partial charge in [-0.15, -0.1) is 0 Å². The Hall–Kier alpha value is -1.32. The van der Waals surface area contributed by atoms with E-state index >= 15 is 0 Å². The molecule has 0 saturated carbocycles. The van der Waals surface area contributed by atoms with Crippen LogP contribution in [0.5, 0.6) is 0 Å². The summed E-state index contributed by atoms with van der Waals surface area (Å²) in [6.07, 6.45) is 0. The van der Waals surface area contributed by atoms with Gasteiger partial charge in [0, 0.05) is 5.92 Å². The van der Waals surface area contributed by atoms with Crippen molar-refractivity contribution in [2.45, 2.75) is 0 Å². The highest BCUT2D eigenvalue weighted by molar-refractivity contribution is 9.10. The molecule has 1 aromatic carbocycles. The van der Waals surface area contributed by atoms with Gasteiger partial charge in [-0.3, -0.25) is 0 Å². The predicted octanol–water partition coefficient (Wildman–Crippen LogP) is 2.46. The second kappa shape index (κ2) is 3.90. The number of nitrogens with zero attached hydrogens (tertiary/aromatic N) is 1. The van der Waals surface area contributed by atoms with Crippen molar-refractivity contribution in [3.05, 3.63) is 34.1 Å². The summed E-state index contributed by atoms with van der Waals surface area (Å²) in [4.78, 5) is 0. The van der Waals surface area contributed by atoms with Gasteiger partial charge < -0.3 is 0 Å². The third-order valence-electron chi connectivity index (χ3n) is 1.20. The van der Waals surface area contributed by atoms with E-state index in [0.717, 1.165) is 0 Å². The lowest BCUT2D eigenvalue weighted by molar-refractivity contribution is 0.617. The van der Waals surface area contributed by atoms with Crippen LogP contribution >= 0.6 is 15.9 Å². The van der Waals surface area contributed by atoms with E-state index in [4.69, 9.17) is 5.26 Å². The lowest BCUT2D eigenvalue weighted by atomic mass is 10.2. The maximum absolute atomic E-state index is 13.1. The largest absolute Gasteiger partial charge is 0.204 e. The van der Waals surface area contributed by atoms with E-state index in [0.29, 0.717) is 4.47 Å². The summed E-state index contributed by atoms with van der Waals surface area (Å²) in [5.74, 6) is 4.08. The second-order valence-corrected chi connectivity index (χ2v) is 2.82. The summed E-state index contributed by atoms with van der Waals surface area (Å²) < 4.78 is 13.4. The van der Waals surface area contributed by atoms with Gasteiger partial charge in [0.1, 0.15) is 0 Å². The molecule has 0 spiro atoms. The highest BCUT2D eigenvalue weighted by Crippen LogP contribution is 2.17. The van der Waals surface area contributed by atoms with E-state index < -0.39 is 5.82 Å². The van der Waals surface area contributed by atoms with E-state index in [1.165, 1.54) is 6.07 Å². The molecule has 58 valence electrons. The van der Waals surface area contributed by atoms with Gasteiger partial charge in [0.05, 0.1) is 10.0 Å². The fourth-order valence-corrected chi connectivity index (χ4v) is 1.06. The van der Waals surface area contributed by atoms with E-state index in [1.54, 1.807) is 18.2 Å². The first-order chi connectivity index (χ1) is 5.75. The lowest BCUT2D eigenvalue weighted by Crippen LogP contribution is -1.83. The van der Waals surface area contributed by atoms with Gasteiger partial charge in [0.2, 0.25) is 0 Å². The van der Waals surface area contributed by atoms with Crippen LogP contribution in [0.3, 0.4) is 0 Å². The molecular weight excluding hydrogens is 221 g/mol. The van der Waals surface area contributed by atoms with Crippen LogP contribution in [0, 0.1) is 29.0 Å². The number of hydrogen-bond acceptors (Lipinski definition) is 1. The van der Waals surface area contributed by atoms with E-state index in [1.807, 2.05) is 0 Å². The summed E-state index contributed by atoms with van der Waals surface area (Å²) in [6, 6.07) is 6.38. The first kappa shape index (κ1) is 8.77. The van der Waals surface area contributed by atoms with Gasteiger partial charge in [-0.25, -0.2) is 4.39 Å². The molecule has 0 amide bonds. The molecule has 0 saturated heterocycles. The van der Waals surface area contributed by atoms with Crippen molar-refractivity contribution in [2.24, 2.45) is 0 Å². The Balaban J connectivity index is 3.19. The Morgan fingerprint density at radius 3 is 2.83 bits per heavy atom. The third kappa shape index (κ3) is 1.84. The molecule has 1 nitrogen and oxygen atoms in total. The fraction of sp³-hybridized carbons (Fsp3) is 0. The zero-order valence-electron chi connectivity index (χ0n) is 5.94. The van der Waals surface area contributed by atoms with Gasteiger partial charge in [-0.05, 0) is 34.0 Å². The van der Waals surface area contributed by atoms with E-state index in [9.17, 15) is 4.39 Å². The van der Waals surface area contributed by atoms with Gasteiger partial charge in [0.15, 0.2) is 11.9 Å². The SMILES string of the molecule is N#CC#Cc1cccc(Br)c1F. The molecule has 0 aliphatic heterocycles. The maximum atomic E-state index is 13.1. The summed E-state index contributed by atoms with van der Waals surface area (Å²) in [5.41, 5.74) is 0.228. The topological polar surface area (TPSA) is 23.8 Å². The standard InChI is InChI=1S/C9H3BrFN/c10-8-5-1-3-7(9(8)11)4-2-6-12/h1,3,5H. The molecule has 3 heteroatoms. The zero-order valence-corrected chi connectivity index (χ0v) is 7.52. The molecule has 1 aromatic rings. The van der Waals surface area contributed by atoms with Gasteiger partial charge in [-0.1, -0.05) is 6.07 Å². The van der Waals surface area contributed by atoms with Crippen molar-refractivity contribution in [2.75, 3.05) is 0 Å². The lowest BCUT2D eigenvalue weighted by Gasteiger charge is -1.94. The first-order valence-electron chi connectivity index (χ1n) is 3.10. The first-order valence-corrected chi connectivity index (χ1v) is 3.89. The summed E-state index contributed by atoms with van der Waals surface area (Å²) in [6.45, 7) is 0. The average molecular weight is 224 g/mol. The summed E-state index contributed by atoms with van der Waals surface area (Å²) >= 11 is 3.01. The third-order valence-corrected chi connectivity index (χ3v) is 1.82. The molecule has 0 radical (unpaired) electrons. The zero-order chi connectivity index (χ0) is 8.97. The molecule has 0 aliphatic rings. The molecule has 0 atom stereocenters. The predicted molar refractivity (Wildman–Crippen MR) is 46.6 cm³/mol. The Bertz CT molecular complexity index is 395. The van der Waals surface area contributed by atoms with Crippen molar-refractivity contribution in [1.82, 2.24) is 0 Å². The smallest absolute Gasteiger partial charge is 0.153 e. The minimum atomic E-state index is -0.430. The molecule has 12 heavy (non-hydrogen) atoms. The quantitative estimate of drug-likeness (QED) is 0.621. The highest BCUT2D eigenvalue weighted by atomic mass is 79.9. The van der Waals surface area contributed by atoms with Crippen LogP contribution in [0.2, 0.25) is 0 Å². The van der Waals surface area contributed by atoms with Crippen molar-refractivity contribution < 1.29 is 4.39 Å². The van der Waals surface area contributed by atoms with E-state index in [-0.39, 0.29) is 5.56 Å². The van der Waals surface area contributed by atoms with Crippen LogP contribution < -0.4 is 0 Å². The summed E-state index contributed by atoms with van der Waals surface area (Å²) in [7, 11) is 0. The molecule has 0 aliphatic carbocycles. The normalized spacial score (nSPS) is 8.08. The molecule has 1 rings (SSSR count). The minimum absolute atomic E-state index is 0.228. The number of benzene rings is 1.